The van der Waals surface area contributed by atoms with E-state index in [1.54, 1.807) is 0 Å². The van der Waals surface area contributed by atoms with E-state index >= 15 is 0 Å². The molecule has 1 aromatic rings. The molecule has 0 saturated heterocycles. The molecule has 1 aromatic heterocycles. The van der Waals surface area contributed by atoms with E-state index in [2.05, 4.69) is 17.1 Å². The average molecular weight is 198 g/mol. The van der Waals surface area contributed by atoms with Crippen LogP contribution in [0.4, 0.5) is 0 Å². The van der Waals surface area contributed by atoms with E-state index in [9.17, 15) is 5.11 Å². The summed E-state index contributed by atoms with van der Waals surface area (Å²) in [5.41, 5.74) is 0. The molecule has 0 amide bonds. The molecule has 0 saturated carbocycles. The summed E-state index contributed by atoms with van der Waals surface area (Å²) in [7, 11) is 0. The molecule has 0 radical (unpaired) electrons. The Hall–Kier alpha value is -0.900. The number of hydrogen-bond acceptors (Lipinski definition) is 4. The fraction of sp³-hybridized carbons (Fsp3) is 0.800. The minimum Gasteiger partial charge on any atom is -0.385 e. The Morgan fingerprint density at radius 3 is 2.71 bits per heavy atom. The largest absolute Gasteiger partial charge is 0.385 e. The standard InChI is InChI=1S/C10H18N2O2/c1-4-6-8(13)9-11-10(14-12-9)7(3)5-2/h7-8,13H,4-6H2,1-3H3. The number of nitrogens with zero attached hydrogens (tertiary/aromatic N) is 2. The van der Waals surface area contributed by atoms with Crippen molar-refractivity contribution >= 4 is 0 Å². The molecule has 0 aliphatic carbocycles. The van der Waals surface area contributed by atoms with E-state index in [-0.39, 0.29) is 5.92 Å². The van der Waals surface area contributed by atoms with Gasteiger partial charge in [0.05, 0.1) is 0 Å². The van der Waals surface area contributed by atoms with Gasteiger partial charge >= 0.3 is 0 Å². The molecule has 1 heterocycles. The van der Waals surface area contributed by atoms with E-state index in [0.29, 0.717) is 18.1 Å². The molecule has 0 fully saturated rings. The van der Waals surface area contributed by atoms with Crippen LogP contribution in [-0.2, 0) is 0 Å². The van der Waals surface area contributed by atoms with Crippen LogP contribution in [0.5, 0.6) is 0 Å². The fourth-order valence-electron chi connectivity index (χ4n) is 1.16. The van der Waals surface area contributed by atoms with Crippen LogP contribution < -0.4 is 0 Å². The van der Waals surface area contributed by atoms with Crippen molar-refractivity contribution in [3.63, 3.8) is 0 Å². The molecule has 14 heavy (non-hydrogen) atoms. The Morgan fingerprint density at radius 1 is 1.43 bits per heavy atom. The highest BCUT2D eigenvalue weighted by atomic mass is 16.5. The van der Waals surface area contributed by atoms with Crippen LogP contribution in [0.3, 0.4) is 0 Å². The van der Waals surface area contributed by atoms with Gasteiger partial charge in [0.1, 0.15) is 6.10 Å². The maximum Gasteiger partial charge on any atom is 0.229 e. The summed E-state index contributed by atoms with van der Waals surface area (Å²) in [6.45, 7) is 6.11. The number of aliphatic hydroxyl groups excluding tert-OH is 1. The molecule has 2 unspecified atom stereocenters. The summed E-state index contributed by atoms with van der Waals surface area (Å²) >= 11 is 0. The molecule has 0 spiro atoms. The predicted octanol–water partition coefficient (Wildman–Crippen LogP) is 2.42. The van der Waals surface area contributed by atoms with Crippen LogP contribution in [0.25, 0.3) is 0 Å². The van der Waals surface area contributed by atoms with Gasteiger partial charge in [0.2, 0.25) is 5.89 Å². The molecular formula is C10H18N2O2. The van der Waals surface area contributed by atoms with Gasteiger partial charge in [-0.05, 0) is 12.8 Å². The summed E-state index contributed by atoms with van der Waals surface area (Å²) in [5.74, 6) is 1.31. The van der Waals surface area contributed by atoms with Gasteiger partial charge in [-0.1, -0.05) is 32.3 Å². The van der Waals surface area contributed by atoms with Crippen LogP contribution >= 0.6 is 0 Å². The Labute approximate surface area is 84.3 Å². The molecule has 4 heteroatoms. The number of hydrogen-bond donors (Lipinski definition) is 1. The third-order valence-electron chi connectivity index (χ3n) is 2.35. The highest BCUT2D eigenvalue weighted by Gasteiger charge is 2.17. The summed E-state index contributed by atoms with van der Waals surface area (Å²) < 4.78 is 5.06. The zero-order chi connectivity index (χ0) is 10.6. The van der Waals surface area contributed by atoms with Crippen LogP contribution in [0, 0.1) is 0 Å². The molecule has 1 rings (SSSR count). The van der Waals surface area contributed by atoms with Crippen LogP contribution in [0.2, 0.25) is 0 Å². The van der Waals surface area contributed by atoms with Crippen molar-refractivity contribution in [2.45, 2.75) is 52.1 Å². The predicted molar refractivity (Wildman–Crippen MR) is 52.9 cm³/mol. The van der Waals surface area contributed by atoms with Gasteiger partial charge in [0.25, 0.3) is 0 Å². The average Bonchev–Trinajstić information content (AvgIpc) is 2.66. The van der Waals surface area contributed by atoms with Crippen molar-refractivity contribution < 1.29 is 9.63 Å². The summed E-state index contributed by atoms with van der Waals surface area (Å²) in [5, 5.41) is 13.4. The first kappa shape index (κ1) is 11.2. The van der Waals surface area contributed by atoms with Crippen molar-refractivity contribution in [3.8, 4) is 0 Å². The van der Waals surface area contributed by atoms with Crippen molar-refractivity contribution in [3.05, 3.63) is 11.7 Å². The van der Waals surface area contributed by atoms with Gasteiger partial charge in [-0.3, -0.25) is 0 Å². The maximum atomic E-state index is 9.60. The first-order valence-electron chi connectivity index (χ1n) is 5.20. The third-order valence-corrected chi connectivity index (χ3v) is 2.35. The number of aromatic nitrogens is 2. The smallest absolute Gasteiger partial charge is 0.229 e. The zero-order valence-electron chi connectivity index (χ0n) is 9.03. The van der Waals surface area contributed by atoms with E-state index in [4.69, 9.17) is 4.52 Å². The molecule has 80 valence electrons. The first-order valence-corrected chi connectivity index (χ1v) is 5.20. The van der Waals surface area contributed by atoms with Gasteiger partial charge in [-0.2, -0.15) is 4.98 Å². The SMILES string of the molecule is CCCC(O)c1noc(C(C)CC)n1. The Morgan fingerprint density at radius 2 is 2.14 bits per heavy atom. The first-order chi connectivity index (χ1) is 6.69. The van der Waals surface area contributed by atoms with E-state index in [0.717, 1.165) is 12.8 Å². The molecule has 0 aliphatic heterocycles. The Bertz CT molecular complexity index is 273. The minimum absolute atomic E-state index is 0.269. The van der Waals surface area contributed by atoms with Crippen molar-refractivity contribution in [1.82, 2.24) is 10.1 Å². The second-order valence-corrected chi connectivity index (χ2v) is 3.60. The van der Waals surface area contributed by atoms with Gasteiger partial charge in [0, 0.05) is 5.92 Å². The minimum atomic E-state index is -0.582. The third kappa shape index (κ3) is 2.54. The maximum absolute atomic E-state index is 9.60. The molecule has 0 bridgehead atoms. The molecule has 1 N–H and O–H groups in total. The Balaban J connectivity index is 2.67. The number of aliphatic hydroxyl groups is 1. The second-order valence-electron chi connectivity index (χ2n) is 3.60. The molecule has 0 aliphatic rings. The molecule has 0 aromatic carbocycles. The van der Waals surface area contributed by atoms with Crippen LogP contribution in [0.15, 0.2) is 4.52 Å². The topological polar surface area (TPSA) is 59.2 Å². The lowest BCUT2D eigenvalue weighted by Gasteiger charge is -2.02. The van der Waals surface area contributed by atoms with Crippen molar-refractivity contribution in [2.75, 3.05) is 0 Å². The van der Waals surface area contributed by atoms with Crippen molar-refractivity contribution in [2.24, 2.45) is 0 Å². The molecule has 4 nitrogen and oxygen atoms in total. The highest BCUT2D eigenvalue weighted by molar-refractivity contribution is 4.94. The summed E-state index contributed by atoms with van der Waals surface area (Å²) in [6, 6.07) is 0. The lowest BCUT2D eigenvalue weighted by atomic mass is 10.1. The van der Waals surface area contributed by atoms with E-state index < -0.39 is 6.10 Å². The lowest BCUT2D eigenvalue weighted by Crippen LogP contribution is -2.00. The van der Waals surface area contributed by atoms with Gasteiger partial charge < -0.3 is 9.63 Å². The monoisotopic (exact) mass is 198 g/mol. The number of rotatable bonds is 5. The Kier molecular flexibility index (Phi) is 4.07. The fourth-order valence-corrected chi connectivity index (χ4v) is 1.16. The van der Waals surface area contributed by atoms with Gasteiger partial charge in [-0.15, -0.1) is 0 Å². The lowest BCUT2D eigenvalue weighted by molar-refractivity contribution is 0.152. The molecular weight excluding hydrogens is 180 g/mol. The van der Waals surface area contributed by atoms with E-state index in [1.165, 1.54) is 0 Å². The highest BCUT2D eigenvalue weighted by Crippen LogP contribution is 2.20. The quantitative estimate of drug-likeness (QED) is 0.789. The zero-order valence-corrected chi connectivity index (χ0v) is 9.03. The van der Waals surface area contributed by atoms with Gasteiger partial charge in [-0.25, -0.2) is 0 Å². The van der Waals surface area contributed by atoms with Crippen LogP contribution in [-0.4, -0.2) is 15.2 Å². The summed E-state index contributed by atoms with van der Waals surface area (Å²) in [4.78, 5) is 4.17. The van der Waals surface area contributed by atoms with Crippen molar-refractivity contribution in [1.29, 1.82) is 0 Å². The van der Waals surface area contributed by atoms with Crippen LogP contribution in [0.1, 0.15) is 63.8 Å². The second kappa shape index (κ2) is 5.10. The normalized spacial score (nSPS) is 15.4. The summed E-state index contributed by atoms with van der Waals surface area (Å²) in [6.07, 6.45) is 1.97. The molecule has 2 atom stereocenters. The van der Waals surface area contributed by atoms with E-state index in [1.807, 2.05) is 13.8 Å². The van der Waals surface area contributed by atoms with Gasteiger partial charge in [0.15, 0.2) is 5.82 Å².